The van der Waals surface area contributed by atoms with Gasteiger partial charge in [-0.25, -0.2) is 0 Å². The van der Waals surface area contributed by atoms with E-state index in [9.17, 15) is 9.59 Å². The molecule has 0 unspecified atom stereocenters. The minimum atomic E-state index is -0.0242. The quantitative estimate of drug-likeness (QED) is 0.741. The summed E-state index contributed by atoms with van der Waals surface area (Å²) in [6, 6.07) is 7.87. The van der Waals surface area contributed by atoms with E-state index in [0.717, 1.165) is 24.1 Å². The Bertz CT molecular complexity index is 824. The second-order valence-electron chi connectivity index (χ2n) is 6.60. The molecule has 1 aromatic carbocycles. The lowest BCUT2D eigenvalue weighted by molar-refractivity contribution is -0.133. The van der Waals surface area contributed by atoms with Gasteiger partial charge in [0.05, 0.1) is 11.3 Å². The normalized spacial score (nSPS) is 13.8. The Morgan fingerprint density at radius 2 is 1.96 bits per heavy atom. The zero-order valence-electron chi connectivity index (χ0n) is 14.8. The van der Waals surface area contributed by atoms with E-state index < -0.39 is 0 Å². The van der Waals surface area contributed by atoms with Gasteiger partial charge in [-0.15, -0.1) is 0 Å². The average molecular weight is 360 g/mol. The summed E-state index contributed by atoms with van der Waals surface area (Å²) in [6.07, 6.45) is 2.04. The summed E-state index contributed by atoms with van der Waals surface area (Å²) in [6.45, 7) is 5.80. The molecule has 5 nitrogen and oxygen atoms in total. The molecular formula is C19H22ClN3O2. The maximum atomic E-state index is 12.9. The lowest BCUT2D eigenvalue weighted by Gasteiger charge is -2.23. The summed E-state index contributed by atoms with van der Waals surface area (Å²) in [7, 11) is 0. The summed E-state index contributed by atoms with van der Waals surface area (Å²) in [5.74, 6) is -0.0214. The van der Waals surface area contributed by atoms with Gasteiger partial charge in [-0.2, -0.15) is 5.10 Å². The molecule has 25 heavy (non-hydrogen) atoms. The SMILES string of the molecule is CC(=O)c1c(C)nn(CC(=O)N(Cc2ccccc2Cl)C2CC2)c1C. The van der Waals surface area contributed by atoms with Gasteiger partial charge >= 0.3 is 0 Å². The number of amides is 1. The molecule has 132 valence electrons. The Morgan fingerprint density at radius 1 is 1.28 bits per heavy atom. The van der Waals surface area contributed by atoms with E-state index in [4.69, 9.17) is 11.6 Å². The molecule has 6 heteroatoms. The summed E-state index contributed by atoms with van der Waals surface area (Å²) in [5, 5.41) is 5.05. The number of carbonyl (C=O) groups is 2. The van der Waals surface area contributed by atoms with Crippen molar-refractivity contribution in [3.8, 4) is 0 Å². The zero-order valence-corrected chi connectivity index (χ0v) is 15.5. The second-order valence-corrected chi connectivity index (χ2v) is 7.01. The Labute approximate surface area is 152 Å². The van der Waals surface area contributed by atoms with Crippen LogP contribution < -0.4 is 0 Å². The lowest BCUT2D eigenvalue weighted by Crippen LogP contribution is -2.35. The number of aromatic nitrogens is 2. The highest BCUT2D eigenvalue weighted by Crippen LogP contribution is 2.30. The first-order valence-corrected chi connectivity index (χ1v) is 8.84. The van der Waals surface area contributed by atoms with Crippen molar-refractivity contribution in [1.29, 1.82) is 0 Å². The molecule has 1 heterocycles. The van der Waals surface area contributed by atoms with Crippen molar-refractivity contribution >= 4 is 23.3 Å². The van der Waals surface area contributed by atoms with E-state index in [1.807, 2.05) is 36.1 Å². The molecule has 1 saturated carbocycles. The molecule has 0 N–H and O–H groups in total. The van der Waals surface area contributed by atoms with Gasteiger partial charge in [0.1, 0.15) is 6.54 Å². The number of halogens is 1. The summed E-state index contributed by atoms with van der Waals surface area (Å²) in [5.41, 5.74) is 2.97. The second kappa shape index (κ2) is 7.00. The van der Waals surface area contributed by atoms with Crippen LogP contribution in [0.15, 0.2) is 24.3 Å². The number of ketones is 1. The van der Waals surface area contributed by atoms with Crippen LogP contribution in [-0.4, -0.2) is 32.4 Å². The van der Waals surface area contributed by atoms with Gasteiger partial charge in [-0.3, -0.25) is 14.3 Å². The first-order chi connectivity index (χ1) is 11.9. The third kappa shape index (κ3) is 3.76. The Hall–Kier alpha value is -2.14. The van der Waals surface area contributed by atoms with Crippen molar-refractivity contribution in [2.75, 3.05) is 0 Å². The molecule has 1 amide bonds. The number of carbonyl (C=O) groups excluding carboxylic acids is 2. The molecule has 0 saturated heterocycles. The topological polar surface area (TPSA) is 55.2 Å². The molecular weight excluding hydrogens is 338 g/mol. The van der Waals surface area contributed by atoms with Crippen LogP contribution >= 0.6 is 11.6 Å². The van der Waals surface area contributed by atoms with E-state index in [-0.39, 0.29) is 24.3 Å². The number of hydrogen-bond donors (Lipinski definition) is 0. The number of Topliss-reactive ketones (excluding diaryl/α,β-unsaturated/α-hetero) is 1. The largest absolute Gasteiger partial charge is 0.334 e. The summed E-state index contributed by atoms with van der Waals surface area (Å²) >= 11 is 6.25. The van der Waals surface area contributed by atoms with Crippen molar-refractivity contribution < 1.29 is 9.59 Å². The molecule has 0 bridgehead atoms. The Morgan fingerprint density at radius 3 is 2.52 bits per heavy atom. The maximum Gasteiger partial charge on any atom is 0.244 e. The number of benzene rings is 1. The van der Waals surface area contributed by atoms with Crippen molar-refractivity contribution in [2.45, 2.75) is 52.7 Å². The third-order valence-electron chi connectivity index (χ3n) is 4.63. The molecule has 1 aliphatic rings. The van der Waals surface area contributed by atoms with Gasteiger partial charge in [-0.1, -0.05) is 29.8 Å². The van der Waals surface area contributed by atoms with E-state index >= 15 is 0 Å². The maximum absolute atomic E-state index is 12.9. The first-order valence-electron chi connectivity index (χ1n) is 8.46. The van der Waals surface area contributed by atoms with Crippen LogP contribution in [0.2, 0.25) is 5.02 Å². The molecule has 0 aliphatic heterocycles. The lowest BCUT2D eigenvalue weighted by atomic mass is 10.1. The van der Waals surface area contributed by atoms with Gasteiger partial charge in [-0.05, 0) is 45.2 Å². The van der Waals surface area contributed by atoms with E-state index in [1.165, 1.54) is 6.92 Å². The van der Waals surface area contributed by atoms with Crippen LogP contribution in [-0.2, 0) is 17.9 Å². The van der Waals surface area contributed by atoms with E-state index in [1.54, 1.807) is 11.6 Å². The number of hydrogen-bond acceptors (Lipinski definition) is 3. The predicted octanol–water partition coefficient (Wildman–Crippen LogP) is 3.55. The van der Waals surface area contributed by atoms with E-state index in [0.29, 0.717) is 22.8 Å². The zero-order chi connectivity index (χ0) is 18.1. The van der Waals surface area contributed by atoms with Gasteiger partial charge in [0.15, 0.2) is 5.78 Å². The van der Waals surface area contributed by atoms with Gasteiger partial charge in [0.25, 0.3) is 0 Å². The van der Waals surface area contributed by atoms with Crippen molar-refractivity contribution in [1.82, 2.24) is 14.7 Å². The Balaban J connectivity index is 1.80. The van der Waals surface area contributed by atoms with Crippen LogP contribution in [0.5, 0.6) is 0 Å². The monoisotopic (exact) mass is 359 g/mol. The molecule has 0 radical (unpaired) electrons. The number of aryl methyl sites for hydroxylation is 1. The standard InChI is InChI=1S/C19H22ClN3O2/c1-12-19(14(3)24)13(2)23(21-12)11-18(25)22(16-8-9-16)10-15-6-4-5-7-17(15)20/h4-7,16H,8-11H2,1-3H3. The van der Waals surface area contributed by atoms with Crippen LogP contribution in [0.25, 0.3) is 0 Å². The minimum absolute atomic E-state index is 0.00289. The van der Waals surface area contributed by atoms with Crippen LogP contribution in [0.4, 0.5) is 0 Å². The Kier molecular flexibility index (Phi) is 4.95. The fraction of sp³-hybridized carbons (Fsp3) is 0.421. The highest BCUT2D eigenvalue weighted by molar-refractivity contribution is 6.31. The summed E-state index contributed by atoms with van der Waals surface area (Å²) in [4.78, 5) is 26.5. The molecule has 3 rings (SSSR count). The molecule has 1 fully saturated rings. The van der Waals surface area contributed by atoms with Gasteiger partial charge in [0, 0.05) is 23.3 Å². The van der Waals surface area contributed by atoms with E-state index in [2.05, 4.69) is 5.10 Å². The average Bonchev–Trinajstić information content (AvgIpc) is 3.33. The predicted molar refractivity (Wildman–Crippen MR) is 96.7 cm³/mol. The molecule has 0 spiro atoms. The highest BCUT2D eigenvalue weighted by Gasteiger charge is 2.33. The van der Waals surface area contributed by atoms with Crippen molar-refractivity contribution in [3.05, 3.63) is 51.8 Å². The van der Waals surface area contributed by atoms with Crippen LogP contribution in [0, 0.1) is 13.8 Å². The highest BCUT2D eigenvalue weighted by atomic mass is 35.5. The number of nitrogens with zero attached hydrogens (tertiary/aromatic N) is 3. The number of rotatable bonds is 6. The fourth-order valence-electron chi connectivity index (χ4n) is 3.20. The molecule has 0 atom stereocenters. The van der Waals surface area contributed by atoms with Crippen molar-refractivity contribution in [2.24, 2.45) is 0 Å². The van der Waals surface area contributed by atoms with Crippen LogP contribution in [0.3, 0.4) is 0 Å². The first kappa shape index (κ1) is 17.7. The smallest absolute Gasteiger partial charge is 0.244 e. The molecule has 1 aromatic heterocycles. The third-order valence-corrected chi connectivity index (χ3v) is 4.99. The fourth-order valence-corrected chi connectivity index (χ4v) is 3.39. The van der Waals surface area contributed by atoms with Crippen molar-refractivity contribution in [3.63, 3.8) is 0 Å². The van der Waals surface area contributed by atoms with Crippen LogP contribution in [0.1, 0.15) is 47.1 Å². The summed E-state index contributed by atoms with van der Waals surface area (Å²) < 4.78 is 1.64. The van der Waals surface area contributed by atoms with Gasteiger partial charge < -0.3 is 4.90 Å². The van der Waals surface area contributed by atoms with Gasteiger partial charge in [0.2, 0.25) is 5.91 Å². The molecule has 1 aliphatic carbocycles. The molecule has 2 aromatic rings. The minimum Gasteiger partial charge on any atom is -0.334 e.